The van der Waals surface area contributed by atoms with E-state index in [1.807, 2.05) is 7.05 Å². The predicted molar refractivity (Wildman–Crippen MR) is 121 cm³/mol. The number of ether oxygens (including phenoxy) is 1. The average Bonchev–Trinajstić information content (AvgIpc) is 2.67. The molecule has 3 aliphatic rings. The van der Waals surface area contributed by atoms with Crippen LogP contribution >= 0.6 is 0 Å². The van der Waals surface area contributed by atoms with Crippen molar-refractivity contribution >= 4 is 17.5 Å². The highest BCUT2D eigenvalue weighted by atomic mass is 16.5. The molecule has 2 aliphatic carbocycles. The molecule has 170 valence electrons. The molecule has 1 aliphatic heterocycles. The molecule has 0 atom stereocenters. The Bertz CT molecular complexity index is 1050. The van der Waals surface area contributed by atoms with E-state index in [9.17, 15) is 19.5 Å². The molecule has 4 rings (SSSR count). The fourth-order valence-corrected chi connectivity index (χ4v) is 5.57. The van der Waals surface area contributed by atoms with Crippen LogP contribution in [0.1, 0.15) is 75.2 Å². The third-order valence-electron chi connectivity index (χ3n) is 6.97. The Morgan fingerprint density at radius 2 is 1.47 bits per heavy atom. The molecule has 0 saturated heterocycles. The first kappa shape index (κ1) is 22.3. The molecule has 0 bridgehead atoms. The van der Waals surface area contributed by atoms with E-state index in [2.05, 4.69) is 32.6 Å². The highest BCUT2D eigenvalue weighted by Crippen LogP contribution is 2.54. The Morgan fingerprint density at radius 1 is 0.969 bits per heavy atom. The molecule has 0 saturated carbocycles. The van der Waals surface area contributed by atoms with E-state index < -0.39 is 11.9 Å². The molecule has 0 radical (unpaired) electrons. The molecule has 0 fully saturated rings. The SMILES string of the molecule is COc1ccc(C2C3=C(CC(C)(C)CC3=O)N(C)C3=C2C(=O)CC(C)(C)C3)cc1C(=O)O. The van der Waals surface area contributed by atoms with Crippen LogP contribution in [0.15, 0.2) is 40.7 Å². The molecule has 0 spiro atoms. The van der Waals surface area contributed by atoms with Crippen LogP contribution in [0.4, 0.5) is 0 Å². The number of nitrogens with zero attached hydrogens (tertiary/aromatic N) is 1. The van der Waals surface area contributed by atoms with Crippen molar-refractivity contribution < 1.29 is 24.2 Å². The maximum Gasteiger partial charge on any atom is 0.339 e. The molecule has 1 heterocycles. The first-order valence-electron chi connectivity index (χ1n) is 11.0. The van der Waals surface area contributed by atoms with Gasteiger partial charge in [0.25, 0.3) is 0 Å². The van der Waals surface area contributed by atoms with E-state index in [4.69, 9.17) is 4.74 Å². The first-order chi connectivity index (χ1) is 14.8. The van der Waals surface area contributed by atoms with E-state index in [1.54, 1.807) is 18.2 Å². The molecular formula is C26H31NO5. The molecule has 1 aromatic carbocycles. The van der Waals surface area contributed by atoms with Gasteiger partial charge in [-0.3, -0.25) is 9.59 Å². The number of carbonyl (C=O) groups is 3. The molecule has 0 amide bonds. The minimum Gasteiger partial charge on any atom is -0.496 e. The third kappa shape index (κ3) is 3.55. The lowest BCUT2D eigenvalue weighted by molar-refractivity contribution is -0.119. The number of benzene rings is 1. The van der Waals surface area contributed by atoms with E-state index in [-0.39, 0.29) is 33.7 Å². The van der Waals surface area contributed by atoms with Crippen molar-refractivity contribution in [2.24, 2.45) is 10.8 Å². The number of hydrogen-bond donors (Lipinski definition) is 1. The molecule has 6 heteroatoms. The highest BCUT2D eigenvalue weighted by molar-refractivity contribution is 6.07. The minimum absolute atomic E-state index is 0.0282. The summed E-state index contributed by atoms with van der Waals surface area (Å²) in [7, 11) is 3.39. The number of methoxy groups -OCH3 is 1. The van der Waals surface area contributed by atoms with Crippen molar-refractivity contribution in [1.82, 2.24) is 4.90 Å². The van der Waals surface area contributed by atoms with Crippen molar-refractivity contribution in [2.75, 3.05) is 14.2 Å². The summed E-state index contributed by atoms with van der Waals surface area (Å²) in [4.78, 5) is 40.9. The molecule has 32 heavy (non-hydrogen) atoms. The summed E-state index contributed by atoms with van der Waals surface area (Å²) in [6, 6.07) is 4.97. The van der Waals surface area contributed by atoms with Gasteiger partial charge < -0.3 is 14.7 Å². The monoisotopic (exact) mass is 437 g/mol. The lowest BCUT2D eigenvalue weighted by Crippen LogP contribution is -2.43. The Kier molecular flexibility index (Phi) is 5.11. The van der Waals surface area contributed by atoms with E-state index in [0.717, 1.165) is 24.2 Å². The van der Waals surface area contributed by atoms with Gasteiger partial charge in [0.15, 0.2) is 11.6 Å². The van der Waals surface area contributed by atoms with Crippen LogP contribution in [0.2, 0.25) is 0 Å². The van der Waals surface area contributed by atoms with Gasteiger partial charge in [0.1, 0.15) is 11.3 Å². The summed E-state index contributed by atoms with van der Waals surface area (Å²) in [5.41, 5.74) is 3.51. The van der Waals surface area contributed by atoms with Crippen molar-refractivity contribution in [1.29, 1.82) is 0 Å². The van der Waals surface area contributed by atoms with Crippen LogP contribution < -0.4 is 4.74 Å². The topological polar surface area (TPSA) is 83.9 Å². The third-order valence-corrected chi connectivity index (χ3v) is 6.97. The second kappa shape index (κ2) is 7.32. The van der Waals surface area contributed by atoms with Gasteiger partial charge in [-0.25, -0.2) is 4.79 Å². The second-order valence-corrected chi connectivity index (χ2v) is 10.9. The Hall–Kier alpha value is -2.89. The zero-order valence-electron chi connectivity index (χ0n) is 19.7. The maximum atomic E-state index is 13.5. The number of Topliss-reactive ketones (excluding diaryl/α,β-unsaturated/α-hetero) is 2. The number of allylic oxidation sites excluding steroid dienone is 4. The van der Waals surface area contributed by atoms with Gasteiger partial charge in [-0.2, -0.15) is 0 Å². The van der Waals surface area contributed by atoms with Crippen LogP contribution in [-0.4, -0.2) is 41.7 Å². The summed E-state index contributed by atoms with van der Waals surface area (Å²) in [5, 5.41) is 9.72. The number of aromatic carboxylic acids is 1. The van der Waals surface area contributed by atoms with E-state index >= 15 is 0 Å². The summed E-state index contributed by atoms with van der Waals surface area (Å²) in [5.74, 6) is -1.33. The lowest BCUT2D eigenvalue weighted by atomic mass is 9.63. The van der Waals surface area contributed by atoms with Crippen LogP contribution in [-0.2, 0) is 9.59 Å². The average molecular weight is 438 g/mol. The van der Waals surface area contributed by atoms with E-state index in [0.29, 0.717) is 29.6 Å². The summed E-state index contributed by atoms with van der Waals surface area (Å²) >= 11 is 0. The molecule has 1 aromatic rings. The van der Waals surface area contributed by atoms with Crippen molar-refractivity contribution in [2.45, 2.75) is 59.3 Å². The molecular weight excluding hydrogens is 406 g/mol. The summed E-state index contributed by atoms with van der Waals surface area (Å²) < 4.78 is 5.23. The van der Waals surface area contributed by atoms with Crippen molar-refractivity contribution in [3.8, 4) is 5.75 Å². The number of hydrogen-bond acceptors (Lipinski definition) is 5. The fraction of sp³-hybridized carbons (Fsp3) is 0.500. The number of ketones is 2. The van der Waals surface area contributed by atoms with Crippen LogP contribution in [0.5, 0.6) is 5.75 Å². The molecule has 0 unspecified atom stereocenters. The second-order valence-electron chi connectivity index (χ2n) is 10.9. The highest BCUT2D eigenvalue weighted by Gasteiger charge is 2.48. The summed E-state index contributed by atoms with van der Waals surface area (Å²) in [6.45, 7) is 8.36. The minimum atomic E-state index is -1.10. The zero-order valence-corrected chi connectivity index (χ0v) is 19.7. The maximum absolute atomic E-state index is 13.5. The van der Waals surface area contributed by atoms with Gasteiger partial charge >= 0.3 is 5.97 Å². The lowest BCUT2D eigenvalue weighted by Gasteiger charge is -2.47. The van der Waals surface area contributed by atoms with Gasteiger partial charge in [0.2, 0.25) is 0 Å². The molecule has 0 aromatic heterocycles. The number of rotatable bonds is 3. The predicted octanol–water partition coefficient (Wildman–Crippen LogP) is 4.71. The first-order valence-corrected chi connectivity index (χ1v) is 11.0. The zero-order chi connectivity index (χ0) is 23.6. The number of carbonyl (C=O) groups excluding carboxylic acids is 2. The van der Waals surface area contributed by atoms with E-state index in [1.165, 1.54) is 7.11 Å². The Morgan fingerprint density at radius 3 is 1.91 bits per heavy atom. The van der Waals surface area contributed by atoms with Gasteiger partial charge in [0, 0.05) is 48.3 Å². The Labute approximate surface area is 188 Å². The van der Waals surface area contributed by atoms with Gasteiger partial charge in [-0.1, -0.05) is 33.8 Å². The van der Waals surface area contributed by atoms with Crippen LogP contribution in [0, 0.1) is 10.8 Å². The van der Waals surface area contributed by atoms with Crippen molar-refractivity contribution in [3.05, 3.63) is 51.9 Å². The van der Waals surface area contributed by atoms with Gasteiger partial charge in [-0.05, 0) is 41.4 Å². The molecule has 6 nitrogen and oxygen atoms in total. The van der Waals surface area contributed by atoms with Crippen LogP contribution in [0.25, 0.3) is 0 Å². The van der Waals surface area contributed by atoms with Crippen molar-refractivity contribution in [3.63, 3.8) is 0 Å². The number of carboxylic acid groups (broad SMARTS) is 1. The fourth-order valence-electron chi connectivity index (χ4n) is 5.57. The quantitative estimate of drug-likeness (QED) is 0.737. The van der Waals surface area contributed by atoms with Gasteiger partial charge in [-0.15, -0.1) is 0 Å². The standard InChI is InChI=1S/C26H31NO5/c1-25(2)10-16-22(18(28)12-25)21(14-7-8-20(32-6)15(9-14)24(30)31)23-17(27(16)5)11-26(3,4)13-19(23)29/h7-9,21H,10-13H2,1-6H3,(H,30,31). The molecule has 1 N–H and O–H groups in total. The number of carboxylic acids is 1. The van der Waals surface area contributed by atoms with Gasteiger partial charge in [0.05, 0.1) is 7.11 Å². The summed E-state index contributed by atoms with van der Waals surface area (Å²) in [6.07, 6.45) is 2.27. The largest absolute Gasteiger partial charge is 0.496 e. The Balaban J connectivity index is 1.99. The smallest absolute Gasteiger partial charge is 0.339 e. The van der Waals surface area contributed by atoms with Crippen LogP contribution in [0.3, 0.4) is 0 Å². The normalized spacial score (nSPS) is 22.6.